The van der Waals surface area contributed by atoms with Crippen molar-refractivity contribution in [3.63, 3.8) is 0 Å². The zero-order valence-electron chi connectivity index (χ0n) is 92.4. The van der Waals surface area contributed by atoms with Crippen LogP contribution in [0.5, 0.6) is 0 Å². The number of aryl methyl sites for hydroxylation is 2. The third-order valence-electron chi connectivity index (χ3n) is 39.7. The van der Waals surface area contributed by atoms with Crippen LogP contribution < -0.4 is 58.0 Å². The molecule has 0 spiro atoms. The van der Waals surface area contributed by atoms with Gasteiger partial charge in [-0.15, -0.1) is 0 Å². The molecule has 1 unspecified atom stereocenters. The van der Waals surface area contributed by atoms with Crippen LogP contribution in [-0.2, 0) is 71.4 Å². The van der Waals surface area contributed by atoms with E-state index in [0.29, 0.717) is 0 Å². The SMILES string of the molecule is Cc1cc2c3c(c1)N(c1ccc4ccc5cc(CC6(C)CCC(C)(C)c7cc8c9c(oc8cc76)B6c7cc8c(cc7N(c7cc%10c(cc7-c7ccccc7)C(C)(C)CCC%10(C)C)c7cc(C)cc(c76)N9c6ccc([Si](C)(C)C)cc6)C(C)(C)CCC8(C)C)ccc5c4c1)c1c(oc4cc5c(cc14)C(C)(C)CCC5(C)C)B3c1cc3c(cc1N2c1cc2c(cc1-c1ccccc1)C(C)(C)CCC2(C)C)C(C)(C)CCC3(C)C. The molecule has 0 radical (unpaired) electrons. The molecule has 1 atom stereocenters. The first-order chi connectivity index (χ1) is 68.8. The van der Waals surface area contributed by atoms with Crippen LogP contribution in [0.15, 0.2) is 239 Å². The first-order valence-electron chi connectivity index (χ1n) is 55.4. The summed E-state index contributed by atoms with van der Waals surface area (Å²) in [5.74, 6) is 0. The van der Waals surface area contributed by atoms with Crippen LogP contribution in [0.3, 0.4) is 0 Å². The zero-order valence-corrected chi connectivity index (χ0v) is 93.4. The van der Waals surface area contributed by atoms with E-state index in [9.17, 15) is 0 Å². The molecule has 0 fully saturated rings. The molecule has 0 saturated carbocycles. The molecule has 2 aromatic heterocycles. The Hall–Kier alpha value is -11.8. The summed E-state index contributed by atoms with van der Waals surface area (Å²) in [7, 11) is -1.73. The molecular formula is C137H148B2N4O2Si. The van der Waals surface area contributed by atoms with E-state index in [0.717, 1.165) is 123 Å². The normalized spacial score (nSPS) is 20.8. The topological polar surface area (TPSA) is 39.2 Å². The highest BCUT2D eigenvalue weighted by atomic mass is 28.3. The van der Waals surface area contributed by atoms with E-state index in [1.54, 1.807) is 0 Å². The van der Waals surface area contributed by atoms with E-state index in [1.807, 2.05) is 0 Å². The van der Waals surface area contributed by atoms with E-state index >= 15 is 0 Å². The maximum absolute atomic E-state index is 8.25. The third-order valence-corrected chi connectivity index (χ3v) is 41.7. The summed E-state index contributed by atoms with van der Waals surface area (Å²) in [6.45, 7) is 69.4. The number of rotatable bonds is 9. The van der Waals surface area contributed by atoms with Gasteiger partial charge in [0.25, 0.3) is 13.4 Å². The van der Waals surface area contributed by atoms with Crippen molar-refractivity contribution in [1.29, 1.82) is 0 Å². The van der Waals surface area contributed by atoms with Crippen molar-refractivity contribution in [1.82, 2.24) is 0 Å². The Kier molecular flexibility index (Phi) is 19.8. The van der Waals surface area contributed by atoms with Gasteiger partial charge in [0.05, 0.1) is 42.1 Å². The molecule has 4 aliphatic heterocycles. The van der Waals surface area contributed by atoms with Crippen LogP contribution in [0.2, 0.25) is 19.6 Å². The van der Waals surface area contributed by atoms with E-state index in [-0.39, 0.29) is 78.4 Å². The van der Waals surface area contributed by atoms with Crippen molar-refractivity contribution in [3.05, 3.63) is 314 Å². The summed E-state index contributed by atoms with van der Waals surface area (Å²) in [4.78, 5) is 10.9. The maximum atomic E-state index is 8.25. The lowest BCUT2D eigenvalue weighted by Crippen LogP contribution is -2.61. The maximum Gasteiger partial charge on any atom is 0.297 e. The van der Waals surface area contributed by atoms with Crippen LogP contribution in [0.25, 0.3) is 65.7 Å². The van der Waals surface area contributed by atoms with E-state index in [4.69, 9.17) is 8.83 Å². The van der Waals surface area contributed by atoms with Crippen molar-refractivity contribution < 1.29 is 8.83 Å². The molecule has 9 heteroatoms. The summed E-state index contributed by atoms with van der Waals surface area (Å²) in [5.41, 5.74) is 49.3. The minimum Gasteiger partial charge on any atom is -0.468 e. The van der Waals surface area contributed by atoms with Gasteiger partial charge >= 0.3 is 0 Å². The first-order valence-corrected chi connectivity index (χ1v) is 58.9. The summed E-state index contributed by atoms with van der Waals surface area (Å²) >= 11 is 0. The molecule has 0 amide bonds. The molecule has 16 aromatic rings. The number of hydrogen-bond acceptors (Lipinski definition) is 6. The Morgan fingerprint density at radius 3 is 1.01 bits per heavy atom. The first kappa shape index (κ1) is 94.0. The summed E-state index contributed by atoms with van der Waals surface area (Å²) in [5, 5.41) is 8.83. The van der Waals surface area contributed by atoms with Gasteiger partial charge in [0.15, 0.2) is 0 Å². The number of fused-ring (bicyclic) bond motifs is 21. The Labute approximate surface area is 871 Å². The molecule has 0 bridgehead atoms. The minimum absolute atomic E-state index is 0.000994. The van der Waals surface area contributed by atoms with E-state index in [2.05, 4.69) is 443 Å². The second kappa shape index (κ2) is 30.8. The van der Waals surface area contributed by atoms with Crippen LogP contribution in [0.4, 0.5) is 68.2 Å². The van der Waals surface area contributed by atoms with Gasteiger partial charge in [-0.3, -0.25) is 0 Å². The number of nitrogens with zero attached hydrogens (tertiary/aromatic N) is 4. The number of furan rings is 2. The van der Waals surface area contributed by atoms with Gasteiger partial charge in [-0.05, 0) is 409 Å². The predicted molar refractivity (Wildman–Crippen MR) is 629 cm³/mol. The van der Waals surface area contributed by atoms with Crippen molar-refractivity contribution >= 4 is 172 Å². The zero-order chi connectivity index (χ0) is 102. The van der Waals surface area contributed by atoms with E-state index < -0.39 is 8.07 Å². The molecule has 6 aliphatic carbocycles. The molecule has 0 N–H and O–H groups in total. The second-order valence-corrected chi connectivity index (χ2v) is 60.9. The standard InChI is InChI=1S/C137H148B2N4O2Si/c1-80-61-114-120-116(63-80)142(110-73-102-96(126(3,4)49-54-131(102,13)14)67-92(110)83-35-31-29-32-36-83)112-75-104-100(129(9,10)52-56-133(104,17)18)71-108(112)138(120)124-122(140(114)87-44-46-89(47-45-87)146(26,27)28)95-70-99-107(78-119(95)145-124)137(25,60-59-136(99,23)24)79-82-39-48-90-86(65-82)41-40-85-42-43-88(66-91(85)90)141-115-62-81(2)64-117-121(115)139(125-123(141)94-69-98-106(77-118(94)144-125)135(21,22)58-51-128(98,7)8)109-72-101-105(134(19,20)57-53-130(101,11)12)76-113(109)143(117)111-74-103-97(127(5,6)50-55-132(103,15)16)68-93(111)84-37-33-30-34-38-84/h29-48,61-78H,49-60,79H2,1-28H3. The minimum atomic E-state index is -1.73. The van der Waals surface area contributed by atoms with Gasteiger partial charge in [0, 0.05) is 67.4 Å². The van der Waals surface area contributed by atoms with Gasteiger partial charge in [-0.1, -0.05) is 305 Å². The van der Waals surface area contributed by atoms with Crippen LogP contribution >= 0.6 is 0 Å². The number of anilines is 12. The van der Waals surface area contributed by atoms with Crippen LogP contribution in [-0.4, -0.2) is 21.5 Å². The lowest BCUT2D eigenvalue weighted by atomic mass is 9.35. The molecule has 26 rings (SSSR count). The van der Waals surface area contributed by atoms with Gasteiger partial charge < -0.3 is 28.4 Å². The van der Waals surface area contributed by atoms with E-state index in [1.165, 1.54) is 216 Å². The molecular weight excluding hydrogens is 1780 g/mol. The Balaban J connectivity index is 0.648. The quantitative estimate of drug-likeness (QED) is 0.106. The van der Waals surface area contributed by atoms with Gasteiger partial charge in [0.1, 0.15) is 11.2 Å². The summed E-state index contributed by atoms with van der Waals surface area (Å²) in [6.07, 6.45) is 14.2. The Morgan fingerprint density at radius 1 is 0.267 bits per heavy atom. The highest BCUT2D eigenvalue weighted by Gasteiger charge is 2.56. The fraction of sp³-hybridized carbons (Fsp3) is 0.387. The monoisotopic (exact) mass is 1930 g/mol. The van der Waals surface area contributed by atoms with Gasteiger partial charge in [0.2, 0.25) is 0 Å². The molecule has 738 valence electrons. The second-order valence-electron chi connectivity index (χ2n) is 55.8. The molecule has 10 aliphatic rings. The average molecular weight is 1930 g/mol. The van der Waals surface area contributed by atoms with Gasteiger partial charge in [-0.25, -0.2) is 0 Å². The fourth-order valence-electron chi connectivity index (χ4n) is 29.8. The van der Waals surface area contributed by atoms with Crippen LogP contribution in [0.1, 0.15) is 320 Å². The van der Waals surface area contributed by atoms with Crippen molar-refractivity contribution in [2.45, 2.75) is 341 Å². The van der Waals surface area contributed by atoms with Gasteiger partial charge in [-0.2, -0.15) is 0 Å². The summed E-state index contributed by atoms with van der Waals surface area (Å²) in [6, 6.07) is 94.3. The predicted octanol–water partition coefficient (Wildman–Crippen LogP) is 33.5. The van der Waals surface area contributed by atoms with Crippen LogP contribution in [0, 0.1) is 13.8 Å². The lowest BCUT2D eigenvalue weighted by Gasteiger charge is -2.47. The van der Waals surface area contributed by atoms with Crippen molar-refractivity contribution in [3.8, 4) is 22.3 Å². The molecule has 0 saturated heterocycles. The smallest absolute Gasteiger partial charge is 0.297 e. The summed E-state index contributed by atoms with van der Waals surface area (Å²) < 4.78 is 16.4. The number of hydrogen-bond donors (Lipinski definition) is 0. The molecule has 14 aromatic carbocycles. The Bertz CT molecular complexity index is 8360. The number of benzene rings is 14. The lowest BCUT2D eigenvalue weighted by molar-refractivity contribution is 0.310. The average Bonchev–Trinajstić information content (AvgIpc) is 1.31. The largest absolute Gasteiger partial charge is 0.468 e. The third kappa shape index (κ3) is 13.8. The fourth-order valence-corrected chi connectivity index (χ4v) is 31.0. The molecule has 146 heavy (non-hydrogen) atoms. The molecule has 6 nitrogen and oxygen atoms in total. The highest BCUT2D eigenvalue weighted by Crippen LogP contribution is 2.63. The Morgan fingerprint density at radius 2 is 0.596 bits per heavy atom. The highest BCUT2D eigenvalue weighted by molar-refractivity contribution is 7.01. The molecule has 6 heterocycles. The van der Waals surface area contributed by atoms with Crippen molar-refractivity contribution in [2.24, 2.45) is 0 Å². The van der Waals surface area contributed by atoms with Crippen molar-refractivity contribution in [2.75, 3.05) is 19.6 Å².